The standard InChI is InChI=1S/C25H29ClN2O/c26-21-12-10-19(11-13-21)24(29)28-18-25(16-20-6-4-5-9-23(20)28)14-15-27(17-25)22-7-2-1-3-8-22/h4-6,9-13,22H,1-3,7-8,14-18H2. The van der Waals surface area contributed by atoms with Crippen LogP contribution in [0.25, 0.3) is 0 Å². The number of hydrogen-bond donors (Lipinski definition) is 0. The minimum absolute atomic E-state index is 0.0873. The molecule has 29 heavy (non-hydrogen) atoms. The molecule has 2 aromatic rings. The number of benzene rings is 2. The van der Waals surface area contributed by atoms with Gasteiger partial charge in [0.15, 0.2) is 0 Å². The lowest BCUT2D eigenvalue weighted by Crippen LogP contribution is -2.48. The number of carbonyl (C=O) groups is 1. The van der Waals surface area contributed by atoms with E-state index in [0.29, 0.717) is 10.6 Å². The monoisotopic (exact) mass is 408 g/mol. The second-order valence-corrected chi connectivity index (χ2v) is 9.65. The van der Waals surface area contributed by atoms with Gasteiger partial charge in [-0.3, -0.25) is 9.69 Å². The summed E-state index contributed by atoms with van der Waals surface area (Å²) in [4.78, 5) is 18.2. The number of amides is 1. The van der Waals surface area contributed by atoms with Crippen LogP contribution in [0.1, 0.15) is 54.4 Å². The molecule has 1 saturated carbocycles. The molecule has 152 valence electrons. The van der Waals surface area contributed by atoms with E-state index in [1.54, 1.807) is 12.1 Å². The van der Waals surface area contributed by atoms with E-state index in [0.717, 1.165) is 31.2 Å². The van der Waals surface area contributed by atoms with Crippen molar-refractivity contribution < 1.29 is 4.79 Å². The summed E-state index contributed by atoms with van der Waals surface area (Å²) in [6, 6.07) is 16.5. The molecule has 3 aliphatic rings. The fourth-order valence-electron chi connectivity index (χ4n) is 5.73. The van der Waals surface area contributed by atoms with E-state index < -0.39 is 0 Å². The zero-order chi connectivity index (χ0) is 19.8. The number of para-hydroxylation sites is 1. The van der Waals surface area contributed by atoms with E-state index in [1.165, 1.54) is 50.6 Å². The molecule has 1 spiro atoms. The van der Waals surface area contributed by atoms with Gasteiger partial charge >= 0.3 is 0 Å². The van der Waals surface area contributed by atoms with Gasteiger partial charge in [0.1, 0.15) is 0 Å². The Morgan fingerprint density at radius 1 is 0.966 bits per heavy atom. The Balaban J connectivity index is 1.43. The van der Waals surface area contributed by atoms with Crippen LogP contribution < -0.4 is 4.90 Å². The van der Waals surface area contributed by atoms with Crippen molar-refractivity contribution in [1.82, 2.24) is 4.90 Å². The Morgan fingerprint density at radius 3 is 2.52 bits per heavy atom. The first kappa shape index (κ1) is 19.1. The van der Waals surface area contributed by atoms with E-state index in [-0.39, 0.29) is 11.3 Å². The predicted molar refractivity (Wildman–Crippen MR) is 119 cm³/mol. The Kier molecular flexibility index (Phi) is 5.13. The van der Waals surface area contributed by atoms with Crippen LogP contribution in [-0.4, -0.2) is 36.5 Å². The fourth-order valence-corrected chi connectivity index (χ4v) is 5.86. The number of carbonyl (C=O) groups excluding carboxylic acids is 1. The van der Waals surface area contributed by atoms with E-state index in [1.807, 2.05) is 23.1 Å². The first-order valence-electron chi connectivity index (χ1n) is 11.0. The number of hydrogen-bond acceptors (Lipinski definition) is 2. The number of rotatable bonds is 2. The summed E-state index contributed by atoms with van der Waals surface area (Å²) in [5.74, 6) is 0.0873. The molecule has 1 unspecified atom stereocenters. The Hall–Kier alpha value is -1.84. The summed E-state index contributed by atoms with van der Waals surface area (Å²) in [5, 5.41) is 0.663. The van der Waals surface area contributed by atoms with Gasteiger partial charge in [0.2, 0.25) is 0 Å². The first-order chi connectivity index (χ1) is 14.1. The molecule has 0 radical (unpaired) electrons. The molecule has 3 nitrogen and oxygen atoms in total. The van der Waals surface area contributed by atoms with Gasteiger partial charge in [0, 0.05) is 40.8 Å². The number of nitrogens with zero attached hydrogens (tertiary/aromatic N) is 2. The van der Waals surface area contributed by atoms with Crippen molar-refractivity contribution in [2.75, 3.05) is 24.5 Å². The average Bonchev–Trinajstić information content (AvgIpc) is 3.17. The van der Waals surface area contributed by atoms with Crippen molar-refractivity contribution in [1.29, 1.82) is 0 Å². The van der Waals surface area contributed by atoms with E-state index in [9.17, 15) is 4.79 Å². The molecule has 0 N–H and O–H groups in total. The third-order valence-electron chi connectivity index (χ3n) is 7.24. The van der Waals surface area contributed by atoms with Crippen molar-refractivity contribution in [3.8, 4) is 0 Å². The highest BCUT2D eigenvalue weighted by molar-refractivity contribution is 6.30. The van der Waals surface area contributed by atoms with Crippen LogP contribution in [0.4, 0.5) is 5.69 Å². The summed E-state index contributed by atoms with van der Waals surface area (Å²) in [6.45, 7) is 3.11. The SMILES string of the molecule is O=C(c1ccc(Cl)cc1)N1CC2(CCN(C3CCCCC3)C2)Cc2ccccc21. The molecule has 2 fully saturated rings. The predicted octanol–water partition coefficient (Wildman–Crippen LogP) is 5.57. The van der Waals surface area contributed by atoms with Crippen molar-refractivity contribution >= 4 is 23.2 Å². The van der Waals surface area contributed by atoms with Crippen LogP contribution in [0.15, 0.2) is 48.5 Å². The van der Waals surface area contributed by atoms with Gasteiger partial charge in [-0.25, -0.2) is 0 Å². The van der Waals surface area contributed by atoms with Crippen molar-refractivity contribution in [3.63, 3.8) is 0 Å². The largest absolute Gasteiger partial charge is 0.307 e. The highest BCUT2D eigenvalue weighted by Gasteiger charge is 2.45. The minimum Gasteiger partial charge on any atom is -0.307 e. The van der Waals surface area contributed by atoms with Crippen molar-refractivity contribution in [2.24, 2.45) is 5.41 Å². The normalized spacial score (nSPS) is 25.3. The molecular formula is C25H29ClN2O. The third kappa shape index (κ3) is 3.71. The number of halogens is 1. The maximum absolute atomic E-state index is 13.5. The molecule has 1 atom stereocenters. The first-order valence-corrected chi connectivity index (χ1v) is 11.4. The van der Waals surface area contributed by atoms with Gasteiger partial charge in [0.25, 0.3) is 5.91 Å². The molecule has 1 saturated heterocycles. The average molecular weight is 409 g/mol. The lowest BCUT2D eigenvalue weighted by atomic mass is 9.76. The fraction of sp³-hybridized carbons (Fsp3) is 0.480. The van der Waals surface area contributed by atoms with E-state index in [4.69, 9.17) is 11.6 Å². The molecule has 2 aromatic carbocycles. The maximum atomic E-state index is 13.5. The lowest BCUT2D eigenvalue weighted by Gasteiger charge is -2.42. The van der Waals surface area contributed by atoms with Crippen molar-refractivity contribution in [2.45, 2.75) is 51.0 Å². The van der Waals surface area contributed by atoms with Crippen LogP contribution >= 0.6 is 11.6 Å². The van der Waals surface area contributed by atoms with Crippen LogP contribution in [0, 0.1) is 5.41 Å². The molecular weight excluding hydrogens is 380 g/mol. The summed E-state index contributed by atoms with van der Waals surface area (Å²) in [7, 11) is 0. The zero-order valence-electron chi connectivity index (χ0n) is 16.9. The van der Waals surface area contributed by atoms with Gasteiger partial charge in [-0.2, -0.15) is 0 Å². The summed E-state index contributed by atoms with van der Waals surface area (Å²) >= 11 is 6.04. The van der Waals surface area contributed by atoms with Gasteiger partial charge in [-0.15, -0.1) is 0 Å². The van der Waals surface area contributed by atoms with Crippen LogP contribution in [0.2, 0.25) is 5.02 Å². The Labute approximate surface area is 178 Å². The molecule has 0 aromatic heterocycles. The Bertz CT molecular complexity index is 890. The minimum atomic E-state index is 0.0873. The second kappa shape index (κ2) is 7.77. The molecule has 2 heterocycles. The van der Waals surface area contributed by atoms with Gasteiger partial charge in [-0.05, 0) is 68.1 Å². The summed E-state index contributed by atoms with van der Waals surface area (Å²) in [6.07, 6.45) is 9.10. The Morgan fingerprint density at radius 2 is 1.72 bits per heavy atom. The molecule has 4 heteroatoms. The molecule has 1 aliphatic carbocycles. The molecule has 2 aliphatic heterocycles. The maximum Gasteiger partial charge on any atom is 0.258 e. The highest BCUT2D eigenvalue weighted by Crippen LogP contribution is 2.44. The second-order valence-electron chi connectivity index (χ2n) is 9.22. The summed E-state index contributed by atoms with van der Waals surface area (Å²) < 4.78 is 0. The molecule has 5 rings (SSSR count). The molecule has 1 amide bonds. The van der Waals surface area contributed by atoms with Crippen LogP contribution in [0.3, 0.4) is 0 Å². The van der Waals surface area contributed by atoms with E-state index in [2.05, 4.69) is 23.1 Å². The van der Waals surface area contributed by atoms with Crippen LogP contribution in [-0.2, 0) is 6.42 Å². The topological polar surface area (TPSA) is 23.6 Å². The number of anilines is 1. The highest BCUT2D eigenvalue weighted by atomic mass is 35.5. The number of likely N-dealkylation sites (tertiary alicyclic amines) is 1. The number of fused-ring (bicyclic) bond motifs is 1. The van der Waals surface area contributed by atoms with E-state index >= 15 is 0 Å². The van der Waals surface area contributed by atoms with Crippen molar-refractivity contribution in [3.05, 3.63) is 64.7 Å². The van der Waals surface area contributed by atoms with Gasteiger partial charge in [-0.1, -0.05) is 49.1 Å². The van der Waals surface area contributed by atoms with Crippen LogP contribution in [0.5, 0.6) is 0 Å². The summed E-state index contributed by atoms with van der Waals surface area (Å²) in [5.41, 5.74) is 3.28. The molecule has 0 bridgehead atoms. The van der Waals surface area contributed by atoms with Gasteiger partial charge in [0.05, 0.1) is 0 Å². The smallest absolute Gasteiger partial charge is 0.258 e. The van der Waals surface area contributed by atoms with Gasteiger partial charge < -0.3 is 4.90 Å². The quantitative estimate of drug-likeness (QED) is 0.648. The lowest BCUT2D eigenvalue weighted by molar-refractivity contribution is 0.0962. The zero-order valence-corrected chi connectivity index (χ0v) is 17.7. The third-order valence-corrected chi connectivity index (χ3v) is 7.49.